The van der Waals surface area contributed by atoms with Crippen molar-refractivity contribution in [2.45, 2.75) is 0 Å². The molecule has 3 aromatic rings. The molecule has 0 fully saturated rings. The van der Waals surface area contributed by atoms with Gasteiger partial charge in [0.1, 0.15) is 5.69 Å². The predicted octanol–water partition coefficient (Wildman–Crippen LogP) is 3.02. The molecule has 0 aliphatic rings. The van der Waals surface area contributed by atoms with Crippen LogP contribution in [-0.4, -0.2) is 29.8 Å². The summed E-state index contributed by atoms with van der Waals surface area (Å²) in [4.78, 5) is 17.4. The van der Waals surface area contributed by atoms with Crippen molar-refractivity contribution in [1.82, 2.24) is 9.38 Å². The van der Waals surface area contributed by atoms with Crippen LogP contribution in [0.4, 0.5) is 5.95 Å². The number of benzene rings is 1. The minimum Gasteiger partial charge on any atom is -0.348 e. The summed E-state index contributed by atoms with van der Waals surface area (Å²) in [6.45, 7) is 0. The van der Waals surface area contributed by atoms with Crippen LogP contribution >= 0.6 is 11.6 Å². The number of aromatic nitrogens is 2. The molecule has 19 heavy (non-hydrogen) atoms. The van der Waals surface area contributed by atoms with Crippen molar-refractivity contribution in [1.29, 1.82) is 0 Å². The molecule has 0 atom stereocenters. The fraction of sp³-hybridized carbons (Fsp3) is 0.143. The molecule has 0 aliphatic carbocycles. The van der Waals surface area contributed by atoms with E-state index in [1.807, 2.05) is 53.7 Å². The number of anilines is 1. The fourth-order valence-electron chi connectivity index (χ4n) is 2.28. The Morgan fingerprint density at radius 2 is 2.05 bits per heavy atom. The summed E-state index contributed by atoms with van der Waals surface area (Å²) >= 11 is 6.30. The molecular formula is C14H12ClN3O. The zero-order valence-electron chi connectivity index (χ0n) is 10.6. The lowest BCUT2D eigenvalue weighted by Gasteiger charge is -2.12. The van der Waals surface area contributed by atoms with E-state index < -0.39 is 0 Å². The second-order valence-corrected chi connectivity index (χ2v) is 4.95. The maximum Gasteiger partial charge on any atom is 0.210 e. The van der Waals surface area contributed by atoms with Crippen LogP contribution in [-0.2, 0) is 0 Å². The lowest BCUT2D eigenvalue weighted by molar-refractivity contribution is 0.112. The Hall–Kier alpha value is -2.07. The Balaban J connectivity index is 2.61. The SMILES string of the molecule is CN(C)c1nc(C=O)c2c(Cl)cc3ccccc3n12. The van der Waals surface area contributed by atoms with Gasteiger partial charge in [0.25, 0.3) is 0 Å². The quantitative estimate of drug-likeness (QED) is 0.674. The van der Waals surface area contributed by atoms with Crippen molar-refractivity contribution in [3.05, 3.63) is 41.0 Å². The van der Waals surface area contributed by atoms with Crippen molar-refractivity contribution < 1.29 is 4.79 Å². The molecule has 2 heterocycles. The zero-order valence-corrected chi connectivity index (χ0v) is 11.3. The Bertz CT molecular complexity index is 792. The molecule has 3 rings (SSSR count). The summed E-state index contributed by atoms with van der Waals surface area (Å²) in [5.41, 5.74) is 1.99. The van der Waals surface area contributed by atoms with E-state index in [-0.39, 0.29) is 0 Å². The third kappa shape index (κ3) is 1.68. The zero-order chi connectivity index (χ0) is 13.6. The Morgan fingerprint density at radius 3 is 2.74 bits per heavy atom. The molecule has 2 aromatic heterocycles. The van der Waals surface area contributed by atoms with E-state index in [4.69, 9.17) is 11.6 Å². The molecule has 0 unspecified atom stereocenters. The molecule has 0 N–H and O–H groups in total. The van der Waals surface area contributed by atoms with Crippen molar-refractivity contribution >= 4 is 40.3 Å². The number of para-hydroxylation sites is 1. The van der Waals surface area contributed by atoms with Gasteiger partial charge in [-0.3, -0.25) is 9.20 Å². The molecule has 0 bridgehead atoms. The molecule has 0 aliphatic heterocycles. The minimum atomic E-state index is 0.361. The normalized spacial score (nSPS) is 11.1. The lowest BCUT2D eigenvalue weighted by atomic mass is 10.2. The average Bonchev–Trinajstić information content (AvgIpc) is 2.79. The fourth-order valence-corrected chi connectivity index (χ4v) is 2.58. The van der Waals surface area contributed by atoms with E-state index in [2.05, 4.69) is 4.98 Å². The molecule has 1 aromatic carbocycles. The number of rotatable bonds is 2. The number of hydrogen-bond acceptors (Lipinski definition) is 3. The van der Waals surface area contributed by atoms with Crippen LogP contribution in [0, 0.1) is 0 Å². The Kier molecular flexibility index (Phi) is 2.68. The van der Waals surface area contributed by atoms with Crippen molar-refractivity contribution in [3.8, 4) is 0 Å². The van der Waals surface area contributed by atoms with E-state index in [1.54, 1.807) is 0 Å². The van der Waals surface area contributed by atoms with Gasteiger partial charge in [-0.05, 0) is 12.1 Å². The average molecular weight is 274 g/mol. The van der Waals surface area contributed by atoms with Gasteiger partial charge in [-0.15, -0.1) is 0 Å². The number of pyridine rings is 1. The first kappa shape index (κ1) is 12.0. The first-order valence-electron chi connectivity index (χ1n) is 5.85. The molecule has 0 amide bonds. The second-order valence-electron chi connectivity index (χ2n) is 4.54. The van der Waals surface area contributed by atoms with Crippen LogP contribution in [0.15, 0.2) is 30.3 Å². The Morgan fingerprint density at radius 1 is 1.32 bits per heavy atom. The van der Waals surface area contributed by atoms with Crippen LogP contribution in [0.3, 0.4) is 0 Å². The number of imidazole rings is 1. The number of carbonyl (C=O) groups is 1. The number of halogens is 1. The summed E-state index contributed by atoms with van der Waals surface area (Å²) in [5, 5.41) is 1.54. The molecule has 0 radical (unpaired) electrons. The van der Waals surface area contributed by atoms with Gasteiger partial charge in [-0.2, -0.15) is 0 Å². The van der Waals surface area contributed by atoms with Gasteiger partial charge in [0.15, 0.2) is 6.29 Å². The largest absolute Gasteiger partial charge is 0.348 e. The number of carbonyl (C=O) groups excluding carboxylic acids is 1. The summed E-state index contributed by atoms with van der Waals surface area (Å²) in [6.07, 6.45) is 0.739. The van der Waals surface area contributed by atoms with Gasteiger partial charge < -0.3 is 4.90 Å². The first-order chi connectivity index (χ1) is 9.13. The molecule has 0 saturated heterocycles. The summed E-state index contributed by atoms with van der Waals surface area (Å²) < 4.78 is 1.92. The maximum absolute atomic E-state index is 11.2. The van der Waals surface area contributed by atoms with Gasteiger partial charge in [-0.25, -0.2) is 4.98 Å². The molecule has 0 spiro atoms. The van der Waals surface area contributed by atoms with Crippen molar-refractivity contribution in [2.24, 2.45) is 0 Å². The minimum absolute atomic E-state index is 0.361. The molecule has 4 nitrogen and oxygen atoms in total. The topological polar surface area (TPSA) is 37.6 Å². The highest BCUT2D eigenvalue weighted by Gasteiger charge is 2.17. The highest BCUT2D eigenvalue weighted by atomic mass is 35.5. The number of hydrogen-bond donors (Lipinski definition) is 0. The van der Waals surface area contributed by atoms with Crippen LogP contribution < -0.4 is 4.90 Å². The van der Waals surface area contributed by atoms with Crippen molar-refractivity contribution in [3.63, 3.8) is 0 Å². The standard InChI is InChI=1S/C14H12ClN3O/c1-17(2)14-16-11(8-19)13-10(15)7-9-5-3-4-6-12(9)18(13)14/h3-8H,1-2H3. The van der Waals surface area contributed by atoms with Gasteiger partial charge >= 0.3 is 0 Å². The summed E-state index contributed by atoms with van der Waals surface area (Å²) in [5.74, 6) is 0.691. The van der Waals surface area contributed by atoms with E-state index in [0.717, 1.165) is 17.2 Å². The summed E-state index contributed by atoms with van der Waals surface area (Å²) in [6, 6.07) is 9.75. The smallest absolute Gasteiger partial charge is 0.210 e. The number of aldehydes is 1. The van der Waals surface area contributed by atoms with Gasteiger partial charge in [-0.1, -0.05) is 29.8 Å². The van der Waals surface area contributed by atoms with Crippen LogP contribution in [0.1, 0.15) is 10.5 Å². The third-order valence-electron chi connectivity index (χ3n) is 3.08. The number of nitrogens with zero attached hydrogens (tertiary/aromatic N) is 3. The van der Waals surface area contributed by atoms with Gasteiger partial charge in [0, 0.05) is 19.5 Å². The number of fused-ring (bicyclic) bond motifs is 3. The van der Waals surface area contributed by atoms with Gasteiger partial charge in [0.05, 0.1) is 16.1 Å². The van der Waals surface area contributed by atoms with Crippen molar-refractivity contribution in [2.75, 3.05) is 19.0 Å². The molecular weight excluding hydrogens is 262 g/mol. The second kappa shape index (κ2) is 4.24. The van der Waals surface area contributed by atoms with Crippen LogP contribution in [0.25, 0.3) is 16.4 Å². The van der Waals surface area contributed by atoms with Gasteiger partial charge in [0.2, 0.25) is 5.95 Å². The van der Waals surface area contributed by atoms with E-state index in [1.165, 1.54) is 0 Å². The van der Waals surface area contributed by atoms with Crippen LogP contribution in [0.5, 0.6) is 0 Å². The third-order valence-corrected chi connectivity index (χ3v) is 3.37. The highest BCUT2D eigenvalue weighted by Crippen LogP contribution is 2.30. The van der Waals surface area contributed by atoms with E-state index in [9.17, 15) is 4.79 Å². The first-order valence-corrected chi connectivity index (χ1v) is 6.23. The molecule has 5 heteroatoms. The van der Waals surface area contributed by atoms with E-state index in [0.29, 0.717) is 22.2 Å². The Labute approximate surface area is 115 Å². The maximum atomic E-state index is 11.2. The lowest BCUT2D eigenvalue weighted by Crippen LogP contribution is -2.12. The summed E-state index contributed by atoms with van der Waals surface area (Å²) in [7, 11) is 3.78. The molecule has 96 valence electrons. The highest BCUT2D eigenvalue weighted by molar-refractivity contribution is 6.35. The monoisotopic (exact) mass is 273 g/mol. The van der Waals surface area contributed by atoms with Crippen LogP contribution in [0.2, 0.25) is 5.02 Å². The molecule has 0 saturated carbocycles. The predicted molar refractivity (Wildman–Crippen MR) is 77.4 cm³/mol. The van der Waals surface area contributed by atoms with E-state index >= 15 is 0 Å².